The molecule has 0 atom stereocenters. The predicted octanol–water partition coefficient (Wildman–Crippen LogP) is 3.01. The lowest BCUT2D eigenvalue weighted by Gasteiger charge is -1.85. The Labute approximate surface area is 78.7 Å². The SMILES string of the molecule is Cc1cc2scc(CC=O)c2s1. The van der Waals surface area contributed by atoms with E-state index in [4.69, 9.17) is 0 Å². The Hall–Kier alpha value is -0.670. The van der Waals surface area contributed by atoms with E-state index >= 15 is 0 Å². The quantitative estimate of drug-likeness (QED) is 0.675. The second-order valence-electron chi connectivity index (χ2n) is 2.68. The molecule has 0 unspecified atom stereocenters. The molecule has 2 rings (SSSR count). The van der Waals surface area contributed by atoms with Crippen molar-refractivity contribution in [1.29, 1.82) is 0 Å². The second-order valence-corrected chi connectivity index (χ2v) is 4.85. The summed E-state index contributed by atoms with van der Waals surface area (Å²) in [7, 11) is 0. The van der Waals surface area contributed by atoms with E-state index < -0.39 is 0 Å². The monoisotopic (exact) mass is 196 g/mol. The zero-order valence-corrected chi connectivity index (χ0v) is 8.30. The first-order valence-electron chi connectivity index (χ1n) is 3.71. The molecule has 62 valence electrons. The average molecular weight is 196 g/mol. The zero-order chi connectivity index (χ0) is 8.55. The maximum absolute atomic E-state index is 10.3. The van der Waals surface area contributed by atoms with Gasteiger partial charge in [-0.2, -0.15) is 0 Å². The van der Waals surface area contributed by atoms with Gasteiger partial charge in [0.25, 0.3) is 0 Å². The van der Waals surface area contributed by atoms with Crippen molar-refractivity contribution in [3.05, 3.63) is 21.9 Å². The first-order valence-corrected chi connectivity index (χ1v) is 5.41. The smallest absolute Gasteiger partial charge is 0.124 e. The maximum Gasteiger partial charge on any atom is 0.124 e. The number of aryl methyl sites for hydroxylation is 1. The summed E-state index contributed by atoms with van der Waals surface area (Å²) in [6.07, 6.45) is 1.52. The van der Waals surface area contributed by atoms with Crippen LogP contribution in [0.4, 0.5) is 0 Å². The van der Waals surface area contributed by atoms with Gasteiger partial charge in [-0.1, -0.05) is 0 Å². The number of hydrogen-bond donors (Lipinski definition) is 0. The average Bonchev–Trinajstić information content (AvgIpc) is 2.52. The third kappa shape index (κ3) is 1.19. The summed E-state index contributed by atoms with van der Waals surface area (Å²) in [4.78, 5) is 11.7. The van der Waals surface area contributed by atoms with E-state index in [0.717, 1.165) is 6.29 Å². The molecule has 0 saturated heterocycles. The number of fused-ring (bicyclic) bond motifs is 1. The molecule has 0 fully saturated rings. The standard InChI is InChI=1S/C9H8OS2/c1-6-4-8-9(12-6)7(2-3-10)5-11-8/h3-5H,2H2,1H3. The number of carbonyl (C=O) groups excluding carboxylic acids is 1. The normalized spacial score (nSPS) is 10.8. The molecule has 2 aromatic heterocycles. The number of hydrogen-bond acceptors (Lipinski definition) is 3. The second kappa shape index (κ2) is 2.99. The summed E-state index contributed by atoms with van der Waals surface area (Å²) in [5.74, 6) is 0. The molecule has 0 N–H and O–H groups in total. The van der Waals surface area contributed by atoms with E-state index in [0.29, 0.717) is 6.42 Å². The van der Waals surface area contributed by atoms with Gasteiger partial charge in [0, 0.05) is 20.7 Å². The van der Waals surface area contributed by atoms with Gasteiger partial charge >= 0.3 is 0 Å². The summed E-state index contributed by atoms with van der Waals surface area (Å²) < 4.78 is 2.61. The van der Waals surface area contributed by atoms with Gasteiger partial charge in [-0.25, -0.2) is 0 Å². The minimum atomic E-state index is 0.556. The van der Waals surface area contributed by atoms with Crippen LogP contribution < -0.4 is 0 Å². The molecule has 0 saturated carbocycles. The summed E-state index contributed by atoms with van der Waals surface area (Å²) >= 11 is 3.50. The van der Waals surface area contributed by atoms with Gasteiger partial charge in [-0.3, -0.25) is 0 Å². The molecule has 0 radical (unpaired) electrons. The molecule has 1 nitrogen and oxygen atoms in total. The van der Waals surface area contributed by atoms with Crippen molar-refractivity contribution >= 4 is 38.4 Å². The van der Waals surface area contributed by atoms with Crippen LogP contribution in [-0.4, -0.2) is 6.29 Å². The number of aldehydes is 1. The Kier molecular flexibility index (Phi) is 1.98. The maximum atomic E-state index is 10.3. The Morgan fingerprint density at radius 3 is 3.17 bits per heavy atom. The summed E-state index contributed by atoms with van der Waals surface area (Å²) in [6.45, 7) is 2.10. The molecule has 0 aliphatic carbocycles. The Balaban J connectivity index is 2.60. The van der Waals surface area contributed by atoms with Gasteiger partial charge in [-0.05, 0) is 23.9 Å². The minimum absolute atomic E-state index is 0.556. The first kappa shape index (κ1) is 7.95. The largest absolute Gasteiger partial charge is 0.303 e. The molecule has 2 heterocycles. The number of thiophene rings is 2. The molecular weight excluding hydrogens is 188 g/mol. The Bertz CT molecular complexity index is 411. The van der Waals surface area contributed by atoms with E-state index in [2.05, 4.69) is 18.4 Å². The molecule has 0 aliphatic rings. The highest BCUT2D eigenvalue weighted by molar-refractivity contribution is 7.27. The fraction of sp³-hybridized carbons (Fsp3) is 0.222. The molecule has 3 heteroatoms. The van der Waals surface area contributed by atoms with Gasteiger partial charge in [0.2, 0.25) is 0 Å². The summed E-state index contributed by atoms with van der Waals surface area (Å²) in [6, 6.07) is 2.18. The Morgan fingerprint density at radius 1 is 1.58 bits per heavy atom. The van der Waals surface area contributed by atoms with Crippen molar-refractivity contribution in [2.45, 2.75) is 13.3 Å². The van der Waals surface area contributed by atoms with E-state index in [-0.39, 0.29) is 0 Å². The van der Waals surface area contributed by atoms with Crippen LogP contribution in [0.3, 0.4) is 0 Å². The van der Waals surface area contributed by atoms with E-state index in [1.54, 1.807) is 22.7 Å². The number of carbonyl (C=O) groups is 1. The number of rotatable bonds is 2. The summed E-state index contributed by atoms with van der Waals surface area (Å²) in [5, 5.41) is 2.08. The fourth-order valence-corrected chi connectivity index (χ4v) is 3.54. The summed E-state index contributed by atoms with van der Waals surface area (Å²) in [5.41, 5.74) is 1.18. The van der Waals surface area contributed by atoms with E-state index in [1.165, 1.54) is 19.8 Å². The lowest BCUT2D eigenvalue weighted by atomic mass is 10.2. The minimum Gasteiger partial charge on any atom is -0.303 e. The molecule has 0 aromatic carbocycles. The van der Waals surface area contributed by atoms with Crippen molar-refractivity contribution < 1.29 is 4.79 Å². The Morgan fingerprint density at radius 2 is 2.42 bits per heavy atom. The van der Waals surface area contributed by atoms with Crippen LogP contribution in [0.25, 0.3) is 9.40 Å². The highest BCUT2D eigenvalue weighted by Gasteiger charge is 2.05. The van der Waals surface area contributed by atoms with Gasteiger partial charge in [0.05, 0.1) is 0 Å². The predicted molar refractivity (Wildman–Crippen MR) is 54.2 cm³/mol. The molecule has 2 aromatic rings. The first-order chi connectivity index (χ1) is 5.81. The highest BCUT2D eigenvalue weighted by atomic mass is 32.1. The molecular formula is C9H8OS2. The van der Waals surface area contributed by atoms with Crippen LogP contribution in [0.5, 0.6) is 0 Å². The van der Waals surface area contributed by atoms with Crippen LogP contribution in [0, 0.1) is 6.92 Å². The zero-order valence-electron chi connectivity index (χ0n) is 6.66. The molecule has 12 heavy (non-hydrogen) atoms. The van der Waals surface area contributed by atoms with Crippen molar-refractivity contribution in [1.82, 2.24) is 0 Å². The van der Waals surface area contributed by atoms with Gasteiger partial charge < -0.3 is 4.79 Å². The molecule has 0 amide bonds. The van der Waals surface area contributed by atoms with Gasteiger partial charge in [-0.15, -0.1) is 22.7 Å². The lowest BCUT2D eigenvalue weighted by Crippen LogP contribution is -1.79. The van der Waals surface area contributed by atoms with Crippen LogP contribution >= 0.6 is 22.7 Å². The molecule has 0 spiro atoms. The van der Waals surface area contributed by atoms with Crippen molar-refractivity contribution in [3.8, 4) is 0 Å². The van der Waals surface area contributed by atoms with E-state index in [9.17, 15) is 4.79 Å². The van der Waals surface area contributed by atoms with Crippen LogP contribution in [0.1, 0.15) is 10.4 Å². The van der Waals surface area contributed by atoms with E-state index in [1.807, 2.05) is 0 Å². The van der Waals surface area contributed by atoms with Crippen LogP contribution in [-0.2, 0) is 11.2 Å². The van der Waals surface area contributed by atoms with Crippen LogP contribution in [0.15, 0.2) is 11.4 Å². The highest BCUT2D eigenvalue weighted by Crippen LogP contribution is 2.33. The third-order valence-corrected chi connectivity index (χ3v) is 3.98. The van der Waals surface area contributed by atoms with Crippen molar-refractivity contribution in [2.75, 3.05) is 0 Å². The van der Waals surface area contributed by atoms with Crippen LogP contribution in [0.2, 0.25) is 0 Å². The van der Waals surface area contributed by atoms with Gasteiger partial charge in [0.1, 0.15) is 6.29 Å². The van der Waals surface area contributed by atoms with Crippen molar-refractivity contribution in [2.24, 2.45) is 0 Å². The molecule has 0 aliphatic heterocycles. The fourth-order valence-electron chi connectivity index (χ4n) is 1.22. The molecule has 0 bridgehead atoms. The topological polar surface area (TPSA) is 17.1 Å². The van der Waals surface area contributed by atoms with Gasteiger partial charge in [0.15, 0.2) is 0 Å². The lowest BCUT2D eigenvalue weighted by molar-refractivity contribution is -0.107. The third-order valence-electron chi connectivity index (χ3n) is 1.74. The van der Waals surface area contributed by atoms with Crippen molar-refractivity contribution in [3.63, 3.8) is 0 Å².